The number of hydrogen-bond acceptors (Lipinski definition) is 5. The highest BCUT2D eigenvalue weighted by molar-refractivity contribution is 7.11. The number of nitro benzene ring substituents is 1. The van der Waals surface area contributed by atoms with E-state index in [0.717, 1.165) is 0 Å². The Morgan fingerprint density at radius 1 is 1.50 bits per heavy atom. The molecule has 0 N–H and O–H groups in total. The first kappa shape index (κ1) is 10.8. The van der Waals surface area contributed by atoms with Gasteiger partial charge in [-0.15, -0.1) is 0 Å². The minimum absolute atomic E-state index is 0.0679. The van der Waals surface area contributed by atoms with Crippen LogP contribution >= 0.6 is 22.9 Å². The Morgan fingerprint density at radius 3 is 2.88 bits per heavy atom. The summed E-state index contributed by atoms with van der Waals surface area (Å²) in [4.78, 5) is 13.8. The summed E-state index contributed by atoms with van der Waals surface area (Å²) >= 11 is 7.16. The van der Waals surface area contributed by atoms with Crippen LogP contribution in [0.25, 0.3) is 0 Å². The van der Waals surface area contributed by atoms with Gasteiger partial charge in [-0.05, 0) is 6.07 Å². The van der Waals surface area contributed by atoms with Crippen LogP contribution in [-0.4, -0.2) is 9.91 Å². The maximum absolute atomic E-state index is 10.5. The summed E-state index contributed by atoms with van der Waals surface area (Å²) in [5.41, 5.74) is 1.55. The lowest BCUT2D eigenvalue weighted by atomic mass is 10.3. The third kappa shape index (κ3) is 2.29. The number of rotatable bonds is 3. The molecule has 1 aromatic heterocycles. The first-order chi connectivity index (χ1) is 7.66. The predicted molar refractivity (Wildman–Crippen MR) is 60.3 cm³/mol. The average Bonchev–Trinajstić information content (AvgIpc) is 2.73. The van der Waals surface area contributed by atoms with Crippen molar-refractivity contribution in [3.05, 3.63) is 45.0 Å². The van der Waals surface area contributed by atoms with E-state index in [1.54, 1.807) is 11.7 Å². The molecule has 1 aromatic carbocycles. The van der Waals surface area contributed by atoms with Gasteiger partial charge in [-0.1, -0.05) is 22.9 Å². The summed E-state index contributed by atoms with van der Waals surface area (Å²) in [5, 5.41) is 11.3. The lowest BCUT2D eigenvalue weighted by molar-refractivity contribution is -0.384. The third-order valence-electron chi connectivity index (χ3n) is 1.75. The Labute approximate surface area is 99.4 Å². The van der Waals surface area contributed by atoms with Gasteiger partial charge in [0.15, 0.2) is 0 Å². The minimum atomic E-state index is -0.512. The molecule has 0 bridgehead atoms. The molecule has 0 radical (unpaired) electrons. The maximum atomic E-state index is 10.5. The molecule has 1 heterocycles. The monoisotopic (exact) mass is 256 g/mol. The van der Waals surface area contributed by atoms with Gasteiger partial charge in [-0.2, -0.15) is 0 Å². The second kappa shape index (κ2) is 4.46. The van der Waals surface area contributed by atoms with Crippen LogP contribution < -0.4 is 4.74 Å². The van der Waals surface area contributed by atoms with Gasteiger partial charge in [-0.25, -0.2) is 4.98 Å². The topological polar surface area (TPSA) is 65.3 Å². The Balaban J connectivity index is 2.26. The standard InChI is InChI=1S/C9H5ClN2O3S/c10-7-3-6(12(13)14)1-2-8(7)15-9-4-11-5-16-9/h1-5H. The van der Waals surface area contributed by atoms with Crippen LogP contribution in [0, 0.1) is 10.1 Å². The van der Waals surface area contributed by atoms with Gasteiger partial charge < -0.3 is 4.74 Å². The van der Waals surface area contributed by atoms with E-state index in [9.17, 15) is 10.1 Å². The molecule has 0 saturated carbocycles. The quantitative estimate of drug-likeness (QED) is 0.623. The molecule has 2 rings (SSSR count). The second-order valence-corrected chi connectivity index (χ2v) is 4.05. The van der Waals surface area contributed by atoms with E-state index in [1.807, 2.05) is 0 Å². The minimum Gasteiger partial charge on any atom is -0.443 e. The Hall–Kier alpha value is -1.66. The fourth-order valence-electron chi connectivity index (χ4n) is 1.05. The average molecular weight is 257 g/mol. The number of ether oxygens (including phenoxy) is 1. The summed E-state index contributed by atoms with van der Waals surface area (Å²) < 4.78 is 5.39. The van der Waals surface area contributed by atoms with Crippen molar-refractivity contribution >= 4 is 28.6 Å². The number of benzene rings is 1. The summed E-state index contributed by atoms with van der Waals surface area (Å²) in [6, 6.07) is 4.04. The van der Waals surface area contributed by atoms with E-state index >= 15 is 0 Å². The number of nitrogens with zero attached hydrogens (tertiary/aromatic N) is 2. The fraction of sp³-hybridized carbons (Fsp3) is 0. The van der Waals surface area contributed by atoms with Gasteiger partial charge in [0.25, 0.3) is 5.69 Å². The highest BCUT2D eigenvalue weighted by Crippen LogP contribution is 2.33. The van der Waals surface area contributed by atoms with Crippen molar-refractivity contribution in [2.75, 3.05) is 0 Å². The number of hydrogen-bond donors (Lipinski definition) is 0. The smallest absolute Gasteiger partial charge is 0.271 e. The number of non-ortho nitro benzene ring substituents is 1. The van der Waals surface area contributed by atoms with E-state index < -0.39 is 4.92 Å². The van der Waals surface area contributed by atoms with Crippen molar-refractivity contribution in [3.8, 4) is 10.8 Å². The zero-order valence-corrected chi connectivity index (χ0v) is 9.36. The molecule has 0 atom stereocenters. The highest BCUT2D eigenvalue weighted by Gasteiger charge is 2.11. The summed E-state index contributed by atoms with van der Waals surface area (Å²) in [6.45, 7) is 0. The maximum Gasteiger partial charge on any atom is 0.271 e. The normalized spacial score (nSPS) is 10.1. The van der Waals surface area contributed by atoms with Gasteiger partial charge in [-0.3, -0.25) is 10.1 Å². The van der Waals surface area contributed by atoms with Crippen LogP contribution in [0.15, 0.2) is 29.9 Å². The van der Waals surface area contributed by atoms with Crippen LogP contribution in [-0.2, 0) is 0 Å². The molecule has 5 nitrogen and oxygen atoms in total. The van der Waals surface area contributed by atoms with Crippen LogP contribution in [0.2, 0.25) is 5.02 Å². The largest absolute Gasteiger partial charge is 0.443 e. The molecule has 0 fully saturated rings. The third-order valence-corrected chi connectivity index (χ3v) is 2.69. The first-order valence-electron chi connectivity index (χ1n) is 4.17. The van der Waals surface area contributed by atoms with Crippen LogP contribution in [0.4, 0.5) is 5.69 Å². The Bertz CT molecular complexity index is 515. The zero-order valence-electron chi connectivity index (χ0n) is 7.79. The van der Waals surface area contributed by atoms with E-state index in [2.05, 4.69) is 4.98 Å². The van der Waals surface area contributed by atoms with Crippen LogP contribution in [0.1, 0.15) is 0 Å². The van der Waals surface area contributed by atoms with Crippen molar-refractivity contribution in [2.45, 2.75) is 0 Å². The van der Waals surface area contributed by atoms with Crippen molar-refractivity contribution in [3.63, 3.8) is 0 Å². The summed E-state index contributed by atoms with van der Waals surface area (Å²) in [7, 11) is 0. The lowest BCUT2D eigenvalue weighted by Gasteiger charge is -2.03. The molecule has 0 aliphatic rings. The second-order valence-electron chi connectivity index (χ2n) is 2.79. The van der Waals surface area contributed by atoms with Crippen molar-refractivity contribution in [2.24, 2.45) is 0 Å². The number of aromatic nitrogens is 1. The molecule has 0 saturated heterocycles. The van der Waals surface area contributed by atoms with E-state index in [1.165, 1.54) is 29.5 Å². The molecule has 82 valence electrons. The van der Waals surface area contributed by atoms with E-state index in [-0.39, 0.29) is 10.7 Å². The van der Waals surface area contributed by atoms with Gasteiger partial charge in [0, 0.05) is 12.1 Å². The molecule has 2 aromatic rings. The Kier molecular flexibility index (Phi) is 3.02. The SMILES string of the molecule is O=[N+]([O-])c1ccc(Oc2cncs2)c(Cl)c1. The summed E-state index contributed by atoms with van der Waals surface area (Å²) in [6.07, 6.45) is 1.54. The van der Waals surface area contributed by atoms with Crippen molar-refractivity contribution < 1.29 is 9.66 Å². The van der Waals surface area contributed by atoms with Gasteiger partial charge in [0.05, 0.1) is 21.7 Å². The molecular weight excluding hydrogens is 252 g/mol. The van der Waals surface area contributed by atoms with Crippen molar-refractivity contribution in [1.82, 2.24) is 4.98 Å². The molecule has 0 aliphatic heterocycles. The number of thiazole rings is 1. The van der Waals surface area contributed by atoms with Crippen LogP contribution in [0.3, 0.4) is 0 Å². The molecule has 16 heavy (non-hydrogen) atoms. The van der Waals surface area contributed by atoms with Crippen molar-refractivity contribution in [1.29, 1.82) is 0 Å². The van der Waals surface area contributed by atoms with Gasteiger partial charge in [0.1, 0.15) is 5.75 Å². The Morgan fingerprint density at radius 2 is 2.31 bits per heavy atom. The van der Waals surface area contributed by atoms with Gasteiger partial charge >= 0.3 is 0 Å². The molecule has 7 heteroatoms. The highest BCUT2D eigenvalue weighted by atomic mass is 35.5. The summed E-state index contributed by atoms with van der Waals surface area (Å²) in [5.74, 6) is 0.372. The predicted octanol–water partition coefficient (Wildman–Crippen LogP) is 3.50. The molecular formula is C9H5ClN2O3S. The molecule has 0 unspecified atom stereocenters. The fourth-order valence-corrected chi connectivity index (χ4v) is 1.75. The van der Waals surface area contributed by atoms with Gasteiger partial charge in [0.2, 0.25) is 5.06 Å². The molecule has 0 amide bonds. The molecule has 0 spiro atoms. The first-order valence-corrected chi connectivity index (χ1v) is 5.43. The lowest BCUT2D eigenvalue weighted by Crippen LogP contribution is -1.89. The van der Waals surface area contributed by atoms with E-state index in [4.69, 9.17) is 16.3 Å². The zero-order chi connectivity index (χ0) is 11.5. The number of nitro groups is 1. The number of halogens is 1. The van der Waals surface area contributed by atoms with Crippen LogP contribution in [0.5, 0.6) is 10.8 Å². The molecule has 0 aliphatic carbocycles. The van der Waals surface area contributed by atoms with E-state index in [0.29, 0.717) is 10.8 Å².